The lowest BCUT2D eigenvalue weighted by molar-refractivity contribution is -0.143. The van der Waals surface area contributed by atoms with Crippen molar-refractivity contribution >= 4 is 49.8 Å². The van der Waals surface area contributed by atoms with Gasteiger partial charge in [0.05, 0.1) is 39.9 Å². The molecule has 1 fully saturated rings. The third-order valence-corrected chi connectivity index (χ3v) is 10.6. The zero-order chi connectivity index (χ0) is 31.8. The molecule has 12 heteroatoms. The Labute approximate surface area is 260 Å². The van der Waals surface area contributed by atoms with Gasteiger partial charge >= 0.3 is 5.97 Å². The number of ether oxygens (including phenoxy) is 1. The van der Waals surface area contributed by atoms with E-state index in [-0.39, 0.29) is 23.4 Å². The predicted molar refractivity (Wildman–Crippen MR) is 168 cm³/mol. The topological polar surface area (TPSA) is 143 Å². The van der Waals surface area contributed by atoms with Crippen molar-refractivity contribution in [1.29, 1.82) is 0 Å². The number of amides is 1. The fraction of sp³-hybridized carbons (Fsp3) is 0.281. The van der Waals surface area contributed by atoms with Crippen LogP contribution in [-0.4, -0.2) is 54.2 Å². The van der Waals surface area contributed by atoms with Crippen molar-refractivity contribution in [3.8, 4) is 5.75 Å². The molecule has 0 saturated carbocycles. The third-order valence-electron chi connectivity index (χ3n) is 8.09. The molecule has 0 bridgehead atoms. The van der Waals surface area contributed by atoms with Gasteiger partial charge in [-0.05, 0) is 73.2 Å². The first-order chi connectivity index (χ1) is 20.9. The number of fused-ring (bicyclic) bond motifs is 1. The monoisotopic (exact) mass is 636 g/mol. The Balaban J connectivity index is 1.66. The van der Waals surface area contributed by atoms with Crippen LogP contribution in [0.4, 0.5) is 5.69 Å². The summed E-state index contributed by atoms with van der Waals surface area (Å²) in [5.41, 5.74) is 1.23. The standard InChI is InChI=1S/C32H33ClN4O6S/c1-19(2)44(41,42)28-7-5-4-6-24(28)30-25(32(39)40)13-15-36(30)31(38)29(21-9-11-26(33)27(17-21)43-3)37(34)23-10-8-22-18-35-14-12-20(22)16-23/h4-12,14,16-19,25,29-30H,13,15,34H2,1-3H3,(H,39,40)/t25-,29+,30-/m0/s1. The number of aromatic nitrogens is 1. The summed E-state index contributed by atoms with van der Waals surface area (Å²) in [5.74, 6) is 4.42. The predicted octanol–water partition coefficient (Wildman–Crippen LogP) is 5.17. The molecule has 230 valence electrons. The quantitative estimate of drug-likeness (QED) is 0.188. The van der Waals surface area contributed by atoms with E-state index in [1.54, 1.807) is 68.7 Å². The van der Waals surface area contributed by atoms with Crippen LogP contribution in [-0.2, 0) is 19.4 Å². The number of aliphatic carboxylic acids is 1. The second-order valence-corrected chi connectivity index (χ2v) is 13.8. The van der Waals surface area contributed by atoms with Crippen molar-refractivity contribution in [2.24, 2.45) is 11.8 Å². The second kappa shape index (κ2) is 12.4. The highest BCUT2D eigenvalue weighted by atomic mass is 35.5. The summed E-state index contributed by atoms with van der Waals surface area (Å²) in [6.07, 6.45) is 3.51. The maximum Gasteiger partial charge on any atom is 0.309 e. The van der Waals surface area contributed by atoms with E-state index in [0.717, 1.165) is 10.8 Å². The van der Waals surface area contributed by atoms with Gasteiger partial charge in [-0.3, -0.25) is 19.6 Å². The number of nitrogens with two attached hydrogens (primary N) is 1. The Kier molecular flexibility index (Phi) is 8.83. The van der Waals surface area contributed by atoms with Crippen LogP contribution in [0.1, 0.15) is 43.5 Å². The molecule has 5 rings (SSSR count). The van der Waals surface area contributed by atoms with Gasteiger partial charge in [0.1, 0.15) is 11.8 Å². The highest BCUT2D eigenvalue weighted by Gasteiger charge is 2.46. The Morgan fingerprint density at radius 1 is 1.09 bits per heavy atom. The van der Waals surface area contributed by atoms with Crippen LogP contribution in [0.2, 0.25) is 5.02 Å². The summed E-state index contributed by atoms with van der Waals surface area (Å²) < 4.78 is 32.3. The van der Waals surface area contributed by atoms with Gasteiger partial charge in [0, 0.05) is 24.3 Å². The number of hydrogen-bond donors (Lipinski definition) is 2. The number of carboxylic acids is 1. The van der Waals surface area contributed by atoms with Crippen LogP contribution >= 0.6 is 11.6 Å². The number of carbonyl (C=O) groups is 2. The smallest absolute Gasteiger partial charge is 0.309 e. The van der Waals surface area contributed by atoms with E-state index in [0.29, 0.717) is 22.0 Å². The molecule has 10 nitrogen and oxygen atoms in total. The molecule has 4 aromatic rings. The first kappa shape index (κ1) is 31.2. The second-order valence-electron chi connectivity index (χ2n) is 11.0. The molecular formula is C32H33ClN4O6S. The number of hydrazine groups is 1. The highest BCUT2D eigenvalue weighted by Crippen LogP contribution is 2.43. The number of carboxylic acid groups (broad SMARTS) is 1. The fourth-order valence-electron chi connectivity index (χ4n) is 5.73. The number of methoxy groups -OCH3 is 1. The molecule has 1 amide bonds. The molecule has 1 aliphatic heterocycles. The van der Waals surface area contributed by atoms with E-state index in [4.69, 9.17) is 22.2 Å². The number of sulfone groups is 1. The van der Waals surface area contributed by atoms with Crippen molar-refractivity contribution in [3.63, 3.8) is 0 Å². The van der Waals surface area contributed by atoms with E-state index < -0.39 is 45.0 Å². The van der Waals surface area contributed by atoms with Gasteiger partial charge in [0.15, 0.2) is 9.84 Å². The van der Waals surface area contributed by atoms with Crippen molar-refractivity contribution in [2.45, 2.75) is 42.5 Å². The van der Waals surface area contributed by atoms with Gasteiger partial charge in [-0.1, -0.05) is 41.9 Å². The normalized spacial score (nSPS) is 17.5. The number of likely N-dealkylation sites (tertiary alicyclic amines) is 1. The summed E-state index contributed by atoms with van der Waals surface area (Å²) in [5, 5.41) is 12.9. The first-order valence-corrected chi connectivity index (χ1v) is 16.0. The zero-order valence-electron chi connectivity index (χ0n) is 24.4. The zero-order valence-corrected chi connectivity index (χ0v) is 26.0. The van der Waals surface area contributed by atoms with Crippen molar-refractivity contribution in [3.05, 3.63) is 95.3 Å². The van der Waals surface area contributed by atoms with Gasteiger partial charge in [-0.2, -0.15) is 0 Å². The minimum atomic E-state index is -3.81. The van der Waals surface area contributed by atoms with Crippen LogP contribution in [0.3, 0.4) is 0 Å². The average molecular weight is 637 g/mol. The number of anilines is 1. The summed E-state index contributed by atoms with van der Waals surface area (Å²) in [6.45, 7) is 3.21. The van der Waals surface area contributed by atoms with Crippen LogP contribution in [0.5, 0.6) is 5.75 Å². The Morgan fingerprint density at radius 3 is 2.55 bits per heavy atom. The number of pyridine rings is 1. The summed E-state index contributed by atoms with van der Waals surface area (Å²) >= 11 is 6.32. The average Bonchev–Trinajstić information content (AvgIpc) is 3.47. The molecule has 3 N–H and O–H groups in total. The van der Waals surface area contributed by atoms with Crippen LogP contribution in [0.25, 0.3) is 10.8 Å². The summed E-state index contributed by atoms with van der Waals surface area (Å²) in [4.78, 5) is 32.9. The van der Waals surface area contributed by atoms with Gasteiger partial charge in [-0.15, -0.1) is 0 Å². The lowest BCUT2D eigenvalue weighted by Gasteiger charge is -2.36. The van der Waals surface area contributed by atoms with Crippen LogP contribution in [0.15, 0.2) is 84.0 Å². The summed E-state index contributed by atoms with van der Waals surface area (Å²) in [6, 6.07) is 16.2. The number of hydrogen-bond acceptors (Lipinski definition) is 8. The van der Waals surface area contributed by atoms with Crippen molar-refractivity contribution in [1.82, 2.24) is 9.88 Å². The van der Waals surface area contributed by atoms with Crippen LogP contribution in [0, 0.1) is 5.92 Å². The van der Waals surface area contributed by atoms with Crippen molar-refractivity contribution in [2.75, 3.05) is 18.7 Å². The number of halogens is 1. The number of benzene rings is 3. The lowest BCUT2D eigenvalue weighted by atomic mass is 9.93. The van der Waals surface area contributed by atoms with Gasteiger partial charge in [0.25, 0.3) is 5.91 Å². The number of rotatable bonds is 9. The van der Waals surface area contributed by atoms with E-state index in [1.807, 2.05) is 18.2 Å². The van der Waals surface area contributed by atoms with Crippen LogP contribution < -0.4 is 15.6 Å². The Bertz CT molecular complexity index is 1830. The van der Waals surface area contributed by atoms with Crippen molar-refractivity contribution < 1.29 is 27.9 Å². The molecule has 3 atom stereocenters. The van der Waals surface area contributed by atoms with E-state index >= 15 is 0 Å². The number of carbonyl (C=O) groups excluding carboxylic acids is 1. The van der Waals surface area contributed by atoms with E-state index in [2.05, 4.69) is 4.98 Å². The minimum absolute atomic E-state index is 0.00315. The molecule has 44 heavy (non-hydrogen) atoms. The van der Waals surface area contributed by atoms with Gasteiger partial charge in [0.2, 0.25) is 0 Å². The fourth-order valence-corrected chi connectivity index (χ4v) is 7.21. The molecule has 1 aromatic heterocycles. The van der Waals surface area contributed by atoms with Gasteiger partial charge < -0.3 is 14.7 Å². The molecule has 0 spiro atoms. The largest absolute Gasteiger partial charge is 0.495 e. The van der Waals surface area contributed by atoms with Gasteiger partial charge in [-0.25, -0.2) is 14.3 Å². The first-order valence-electron chi connectivity index (χ1n) is 14.0. The Hall–Kier alpha value is -4.19. The molecule has 1 saturated heterocycles. The molecule has 0 radical (unpaired) electrons. The van der Waals surface area contributed by atoms with E-state index in [1.165, 1.54) is 23.1 Å². The molecule has 3 aromatic carbocycles. The van der Waals surface area contributed by atoms with E-state index in [9.17, 15) is 23.1 Å². The highest BCUT2D eigenvalue weighted by molar-refractivity contribution is 7.92. The third kappa shape index (κ3) is 5.70. The minimum Gasteiger partial charge on any atom is -0.495 e. The maximum absolute atomic E-state index is 14.7. The molecule has 0 aliphatic carbocycles. The molecular weight excluding hydrogens is 604 g/mol. The molecule has 0 unspecified atom stereocenters. The lowest BCUT2D eigenvalue weighted by Crippen LogP contribution is -2.47. The number of nitrogens with zero attached hydrogens (tertiary/aromatic N) is 3. The molecule has 2 heterocycles. The Morgan fingerprint density at radius 2 is 1.84 bits per heavy atom. The molecule has 1 aliphatic rings. The maximum atomic E-state index is 14.7. The SMILES string of the molecule is COc1cc([C@H](C(=O)N2CC[C@H](C(=O)O)[C@@H]2c2ccccc2S(=O)(=O)C(C)C)N(N)c2ccc3cnccc3c2)ccc1Cl. The summed E-state index contributed by atoms with van der Waals surface area (Å²) in [7, 11) is -2.35.